The summed E-state index contributed by atoms with van der Waals surface area (Å²) in [5, 5.41) is 0. The highest BCUT2D eigenvalue weighted by Gasteiger charge is 2.19. The second kappa shape index (κ2) is 42.6. The highest BCUT2D eigenvalue weighted by atomic mass is 16.6. The van der Waals surface area contributed by atoms with Gasteiger partial charge in [0.05, 0.1) is 0 Å². The third kappa shape index (κ3) is 40.9. The van der Waals surface area contributed by atoms with E-state index in [0.717, 1.165) is 70.6 Å². The maximum absolute atomic E-state index is 12.5. The van der Waals surface area contributed by atoms with E-state index in [1.807, 2.05) is 0 Å². The third-order valence-electron chi connectivity index (χ3n) is 9.96. The van der Waals surface area contributed by atoms with Gasteiger partial charge in [-0.15, -0.1) is 0 Å². The number of ether oxygens (including phenoxy) is 3. The number of rotatable bonds is 41. The maximum Gasteiger partial charge on any atom is 0.306 e. The van der Waals surface area contributed by atoms with E-state index in [0.29, 0.717) is 19.3 Å². The van der Waals surface area contributed by atoms with Crippen molar-refractivity contribution in [2.45, 2.75) is 245 Å². The second-order valence-electron chi connectivity index (χ2n) is 15.3. The molecule has 6 nitrogen and oxygen atoms in total. The summed E-state index contributed by atoms with van der Waals surface area (Å²) in [5.74, 6) is -0.890. The SMILES string of the molecule is CCCCCCC/C=C\C/C=C\CCCCCCCCCCCCCC(=O)OCC(COC(=O)CCCCCCC)OC(=O)CCCCCCCCC. The summed E-state index contributed by atoms with van der Waals surface area (Å²) in [4.78, 5) is 37.3. The van der Waals surface area contributed by atoms with Crippen molar-refractivity contribution in [2.75, 3.05) is 13.2 Å². The fourth-order valence-corrected chi connectivity index (χ4v) is 6.47. The summed E-state index contributed by atoms with van der Waals surface area (Å²) in [7, 11) is 0. The van der Waals surface area contributed by atoms with Crippen LogP contribution in [-0.2, 0) is 28.6 Å². The molecule has 0 spiro atoms. The minimum atomic E-state index is -0.760. The van der Waals surface area contributed by atoms with E-state index in [1.54, 1.807) is 0 Å². The molecule has 1 unspecified atom stereocenters. The molecule has 1 atom stereocenters. The number of esters is 3. The molecule has 0 aliphatic carbocycles. The number of carbonyl (C=O) groups excluding carboxylic acids is 3. The van der Waals surface area contributed by atoms with Crippen LogP contribution in [0.1, 0.15) is 239 Å². The zero-order chi connectivity index (χ0) is 38.7. The molecule has 0 rings (SSSR count). The first kappa shape index (κ1) is 50.9. The topological polar surface area (TPSA) is 78.9 Å². The van der Waals surface area contributed by atoms with E-state index < -0.39 is 6.10 Å². The largest absolute Gasteiger partial charge is 0.462 e. The smallest absolute Gasteiger partial charge is 0.306 e. The summed E-state index contributed by atoms with van der Waals surface area (Å²) < 4.78 is 16.5. The van der Waals surface area contributed by atoms with Crippen molar-refractivity contribution >= 4 is 17.9 Å². The van der Waals surface area contributed by atoms with Gasteiger partial charge in [0.1, 0.15) is 13.2 Å². The Hall–Kier alpha value is -2.11. The average molecular weight is 747 g/mol. The Labute approximate surface area is 328 Å². The predicted octanol–water partition coefficient (Wildman–Crippen LogP) is 14.4. The third-order valence-corrected chi connectivity index (χ3v) is 9.96. The van der Waals surface area contributed by atoms with E-state index >= 15 is 0 Å². The minimum absolute atomic E-state index is 0.0704. The molecule has 0 N–H and O–H groups in total. The Morgan fingerprint density at radius 2 is 0.679 bits per heavy atom. The number of hydrogen-bond acceptors (Lipinski definition) is 6. The Balaban J connectivity index is 3.99. The molecule has 0 amide bonds. The van der Waals surface area contributed by atoms with Crippen LogP contribution >= 0.6 is 0 Å². The van der Waals surface area contributed by atoms with Crippen molar-refractivity contribution in [3.63, 3.8) is 0 Å². The van der Waals surface area contributed by atoms with E-state index in [4.69, 9.17) is 14.2 Å². The standard InChI is InChI=1S/C47H86O6/c1-4-7-10-13-15-16-17-18-19-20-21-22-23-24-25-26-27-28-29-30-32-34-37-40-46(49)52-43-44(42-51-45(48)39-36-33-12-9-6-3)53-47(50)41-38-35-31-14-11-8-5-2/h17-18,20-21,44H,4-16,19,22-43H2,1-3H3/b18-17-,21-20-. The van der Waals surface area contributed by atoms with Gasteiger partial charge in [-0.2, -0.15) is 0 Å². The summed E-state index contributed by atoms with van der Waals surface area (Å²) in [6, 6.07) is 0. The van der Waals surface area contributed by atoms with Gasteiger partial charge in [0.2, 0.25) is 0 Å². The molecule has 0 aliphatic rings. The fraction of sp³-hybridized carbons (Fsp3) is 0.851. The van der Waals surface area contributed by atoms with Crippen LogP contribution in [0.4, 0.5) is 0 Å². The van der Waals surface area contributed by atoms with Gasteiger partial charge in [0, 0.05) is 19.3 Å². The molecule has 0 fully saturated rings. The number of allylic oxidation sites excluding steroid dienone is 4. The van der Waals surface area contributed by atoms with Crippen molar-refractivity contribution < 1.29 is 28.6 Å². The second-order valence-corrected chi connectivity index (χ2v) is 15.3. The predicted molar refractivity (Wildman–Crippen MR) is 224 cm³/mol. The number of hydrogen-bond donors (Lipinski definition) is 0. The molecule has 6 heteroatoms. The number of unbranched alkanes of at least 4 members (excludes halogenated alkanes) is 26. The van der Waals surface area contributed by atoms with Crippen LogP contribution in [0.5, 0.6) is 0 Å². The first-order valence-electron chi connectivity index (χ1n) is 22.8. The zero-order valence-electron chi connectivity index (χ0n) is 35.3. The van der Waals surface area contributed by atoms with Crippen LogP contribution in [0.2, 0.25) is 0 Å². The summed E-state index contributed by atoms with van der Waals surface area (Å²) in [5.41, 5.74) is 0. The van der Waals surface area contributed by atoms with Gasteiger partial charge in [0.15, 0.2) is 6.10 Å². The Kier molecular flexibility index (Phi) is 40.9. The van der Waals surface area contributed by atoms with Gasteiger partial charge < -0.3 is 14.2 Å². The van der Waals surface area contributed by atoms with Crippen LogP contribution in [-0.4, -0.2) is 37.2 Å². The number of carbonyl (C=O) groups is 3. The van der Waals surface area contributed by atoms with Crippen molar-refractivity contribution in [3.8, 4) is 0 Å². The van der Waals surface area contributed by atoms with Crippen molar-refractivity contribution in [3.05, 3.63) is 24.3 Å². The molecular formula is C47H86O6. The molecule has 0 aromatic heterocycles. The summed E-state index contributed by atoms with van der Waals surface area (Å²) >= 11 is 0. The lowest BCUT2D eigenvalue weighted by molar-refractivity contribution is -0.167. The Bertz CT molecular complexity index is 865. The molecule has 0 aliphatic heterocycles. The highest BCUT2D eigenvalue weighted by molar-refractivity contribution is 5.71. The Morgan fingerprint density at radius 3 is 1.04 bits per heavy atom. The summed E-state index contributed by atoms with van der Waals surface area (Å²) in [6.07, 6.45) is 46.5. The van der Waals surface area contributed by atoms with Crippen LogP contribution in [0, 0.1) is 0 Å². The normalized spacial score (nSPS) is 12.1. The Morgan fingerprint density at radius 1 is 0.377 bits per heavy atom. The molecule has 0 aromatic rings. The first-order chi connectivity index (χ1) is 26.0. The molecular weight excluding hydrogens is 661 g/mol. The van der Waals surface area contributed by atoms with Gasteiger partial charge >= 0.3 is 17.9 Å². The maximum atomic E-state index is 12.5. The van der Waals surface area contributed by atoms with Crippen LogP contribution in [0.3, 0.4) is 0 Å². The van der Waals surface area contributed by atoms with E-state index in [2.05, 4.69) is 45.1 Å². The molecule has 53 heavy (non-hydrogen) atoms. The van der Waals surface area contributed by atoms with E-state index in [-0.39, 0.29) is 31.1 Å². The quantitative estimate of drug-likeness (QED) is 0.0268. The fourth-order valence-electron chi connectivity index (χ4n) is 6.47. The van der Waals surface area contributed by atoms with Crippen molar-refractivity contribution in [1.29, 1.82) is 0 Å². The highest BCUT2D eigenvalue weighted by Crippen LogP contribution is 2.14. The van der Waals surface area contributed by atoms with Crippen molar-refractivity contribution in [1.82, 2.24) is 0 Å². The van der Waals surface area contributed by atoms with Crippen LogP contribution in [0.15, 0.2) is 24.3 Å². The van der Waals surface area contributed by atoms with Gasteiger partial charge in [-0.05, 0) is 51.4 Å². The average Bonchev–Trinajstić information content (AvgIpc) is 3.15. The van der Waals surface area contributed by atoms with Crippen molar-refractivity contribution in [2.24, 2.45) is 0 Å². The van der Waals surface area contributed by atoms with E-state index in [9.17, 15) is 14.4 Å². The molecule has 0 bridgehead atoms. The van der Waals surface area contributed by atoms with Crippen LogP contribution < -0.4 is 0 Å². The van der Waals surface area contributed by atoms with Gasteiger partial charge in [-0.25, -0.2) is 0 Å². The minimum Gasteiger partial charge on any atom is -0.462 e. The molecule has 0 heterocycles. The van der Waals surface area contributed by atoms with Crippen LogP contribution in [0.25, 0.3) is 0 Å². The molecule has 0 saturated carbocycles. The van der Waals surface area contributed by atoms with Gasteiger partial charge in [0.25, 0.3) is 0 Å². The molecule has 0 saturated heterocycles. The van der Waals surface area contributed by atoms with Gasteiger partial charge in [-0.3, -0.25) is 14.4 Å². The van der Waals surface area contributed by atoms with Gasteiger partial charge in [-0.1, -0.05) is 193 Å². The molecule has 0 radical (unpaired) electrons. The monoisotopic (exact) mass is 747 g/mol. The lowest BCUT2D eigenvalue weighted by Crippen LogP contribution is -2.30. The zero-order valence-corrected chi connectivity index (χ0v) is 35.3. The van der Waals surface area contributed by atoms with E-state index in [1.165, 1.54) is 128 Å². The molecule has 310 valence electrons. The first-order valence-corrected chi connectivity index (χ1v) is 22.8. The lowest BCUT2D eigenvalue weighted by Gasteiger charge is -2.18. The lowest BCUT2D eigenvalue weighted by atomic mass is 10.0. The molecule has 0 aromatic carbocycles. The summed E-state index contributed by atoms with van der Waals surface area (Å²) in [6.45, 7) is 6.50.